The first-order valence-electron chi connectivity index (χ1n) is 6.17. The van der Waals surface area contributed by atoms with Crippen LogP contribution in [0, 0.1) is 5.92 Å². The number of rotatable bonds is 3. The summed E-state index contributed by atoms with van der Waals surface area (Å²) in [5.41, 5.74) is 0.529. The molecular weight excluding hydrogens is 232 g/mol. The van der Waals surface area contributed by atoms with E-state index in [1.165, 1.54) is 18.7 Å². The minimum atomic E-state index is -1.07. The summed E-state index contributed by atoms with van der Waals surface area (Å²) in [7, 11) is 0. The molecule has 5 nitrogen and oxygen atoms in total. The molecule has 96 valence electrons. The lowest BCUT2D eigenvalue weighted by Crippen LogP contribution is -2.24. The van der Waals surface area contributed by atoms with E-state index in [1.54, 1.807) is 6.07 Å². The number of carbonyl (C=O) groups is 2. The van der Waals surface area contributed by atoms with E-state index in [2.05, 4.69) is 10.3 Å². The number of carbonyl (C=O) groups excluding carboxylic acids is 1. The van der Waals surface area contributed by atoms with E-state index in [0.717, 1.165) is 25.7 Å². The number of aromatic nitrogens is 1. The fraction of sp³-hybridized carbons (Fsp3) is 0.462. The summed E-state index contributed by atoms with van der Waals surface area (Å²) < 4.78 is 0. The third-order valence-electron chi connectivity index (χ3n) is 3.23. The molecule has 1 amide bonds. The zero-order valence-electron chi connectivity index (χ0n) is 10.1. The van der Waals surface area contributed by atoms with Gasteiger partial charge in [-0.3, -0.25) is 4.79 Å². The fourth-order valence-electron chi connectivity index (χ4n) is 2.20. The molecular formula is C13H16N2O3. The smallest absolute Gasteiger partial charge is 0.354 e. The van der Waals surface area contributed by atoms with E-state index in [9.17, 15) is 9.59 Å². The normalized spacial score (nSPS) is 16.2. The van der Waals surface area contributed by atoms with Gasteiger partial charge in [0.15, 0.2) is 0 Å². The molecule has 0 aromatic carbocycles. The molecule has 18 heavy (non-hydrogen) atoms. The molecule has 1 aromatic heterocycles. The van der Waals surface area contributed by atoms with Crippen LogP contribution in [0.15, 0.2) is 18.3 Å². The van der Waals surface area contributed by atoms with Crippen LogP contribution in [0.3, 0.4) is 0 Å². The molecule has 0 unspecified atom stereocenters. The van der Waals surface area contributed by atoms with Gasteiger partial charge in [-0.15, -0.1) is 0 Å². The molecule has 1 aliphatic rings. The molecule has 1 fully saturated rings. The van der Waals surface area contributed by atoms with E-state index >= 15 is 0 Å². The lowest BCUT2D eigenvalue weighted by molar-refractivity contribution is -0.120. The second kappa shape index (κ2) is 5.62. The Bertz CT molecular complexity index is 436. The molecule has 0 saturated heterocycles. The van der Waals surface area contributed by atoms with Crippen LogP contribution in [-0.2, 0) is 4.79 Å². The largest absolute Gasteiger partial charge is 0.477 e. The number of aromatic carboxylic acids is 1. The number of hydrogen-bond acceptors (Lipinski definition) is 3. The number of amides is 1. The van der Waals surface area contributed by atoms with Gasteiger partial charge in [-0.2, -0.15) is 0 Å². The van der Waals surface area contributed by atoms with Crippen molar-refractivity contribution in [2.75, 3.05) is 5.32 Å². The summed E-state index contributed by atoms with van der Waals surface area (Å²) in [6, 6.07) is 2.95. The van der Waals surface area contributed by atoms with Gasteiger partial charge in [0.05, 0.1) is 11.9 Å². The van der Waals surface area contributed by atoms with Gasteiger partial charge in [0.1, 0.15) is 5.69 Å². The topological polar surface area (TPSA) is 79.3 Å². The molecule has 0 spiro atoms. The zero-order valence-corrected chi connectivity index (χ0v) is 10.1. The Balaban J connectivity index is 1.96. The summed E-state index contributed by atoms with van der Waals surface area (Å²) in [6.45, 7) is 0. The molecule has 1 aromatic rings. The van der Waals surface area contributed by atoms with Gasteiger partial charge in [-0.05, 0) is 25.0 Å². The van der Waals surface area contributed by atoms with Crippen molar-refractivity contribution in [2.45, 2.75) is 32.1 Å². The average molecular weight is 248 g/mol. The van der Waals surface area contributed by atoms with Crippen molar-refractivity contribution in [1.82, 2.24) is 4.98 Å². The number of anilines is 1. The quantitative estimate of drug-likeness (QED) is 0.860. The average Bonchev–Trinajstić information content (AvgIpc) is 2.40. The lowest BCUT2D eigenvalue weighted by Gasteiger charge is -2.20. The Morgan fingerprint density at radius 1 is 1.22 bits per heavy atom. The van der Waals surface area contributed by atoms with E-state index < -0.39 is 5.97 Å². The van der Waals surface area contributed by atoms with Gasteiger partial charge in [-0.1, -0.05) is 19.3 Å². The Morgan fingerprint density at radius 2 is 1.94 bits per heavy atom. The van der Waals surface area contributed by atoms with E-state index in [1.807, 2.05) is 0 Å². The van der Waals surface area contributed by atoms with E-state index in [4.69, 9.17) is 5.11 Å². The number of hydrogen-bond donors (Lipinski definition) is 2. The van der Waals surface area contributed by atoms with Crippen molar-refractivity contribution >= 4 is 17.6 Å². The standard InChI is InChI=1S/C13H16N2O3/c16-12(9-4-2-1-3-5-9)15-10-6-7-11(13(17)18)14-8-10/h6-9H,1-5H2,(H,15,16)(H,17,18). The molecule has 2 N–H and O–H groups in total. The molecule has 0 atom stereocenters. The maximum Gasteiger partial charge on any atom is 0.354 e. The van der Waals surface area contributed by atoms with Crippen LogP contribution in [0.25, 0.3) is 0 Å². The van der Waals surface area contributed by atoms with Gasteiger partial charge in [-0.25, -0.2) is 9.78 Å². The first-order valence-corrected chi connectivity index (χ1v) is 6.17. The second-order valence-electron chi connectivity index (χ2n) is 4.56. The molecule has 2 rings (SSSR count). The van der Waals surface area contributed by atoms with Crippen molar-refractivity contribution in [3.05, 3.63) is 24.0 Å². The lowest BCUT2D eigenvalue weighted by atomic mass is 9.88. The number of carboxylic acid groups (broad SMARTS) is 1. The predicted octanol–water partition coefficient (Wildman–Crippen LogP) is 2.30. The summed E-state index contributed by atoms with van der Waals surface area (Å²) >= 11 is 0. The van der Waals surface area contributed by atoms with Crippen molar-refractivity contribution in [2.24, 2.45) is 5.92 Å². The Hall–Kier alpha value is -1.91. The van der Waals surface area contributed by atoms with Crippen LogP contribution in [-0.4, -0.2) is 22.0 Å². The van der Waals surface area contributed by atoms with Crippen LogP contribution < -0.4 is 5.32 Å². The third-order valence-corrected chi connectivity index (χ3v) is 3.23. The van der Waals surface area contributed by atoms with Crippen molar-refractivity contribution in [3.8, 4) is 0 Å². The highest BCUT2D eigenvalue weighted by Crippen LogP contribution is 2.24. The number of pyridine rings is 1. The molecule has 0 bridgehead atoms. The number of nitrogens with one attached hydrogen (secondary N) is 1. The molecule has 1 saturated carbocycles. The van der Waals surface area contributed by atoms with Gasteiger partial charge in [0, 0.05) is 5.92 Å². The Kier molecular flexibility index (Phi) is 3.92. The Labute approximate surface area is 105 Å². The highest BCUT2D eigenvalue weighted by molar-refractivity contribution is 5.93. The molecule has 5 heteroatoms. The van der Waals surface area contributed by atoms with Crippen LogP contribution in [0.5, 0.6) is 0 Å². The monoisotopic (exact) mass is 248 g/mol. The van der Waals surface area contributed by atoms with Crippen LogP contribution in [0.1, 0.15) is 42.6 Å². The first kappa shape index (κ1) is 12.5. The number of nitrogens with zero attached hydrogens (tertiary/aromatic N) is 1. The molecule has 0 radical (unpaired) electrons. The van der Waals surface area contributed by atoms with Crippen LogP contribution >= 0.6 is 0 Å². The van der Waals surface area contributed by atoms with E-state index in [-0.39, 0.29) is 17.5 Å². The highest BCUT2D eigenvalue weighted by Gasteiger charge is 2.21. The van der Waals surface area contributed by atoms with Gasteiger partial charge in [0.25, 0.3) is 0 Å². The van der Waals surface area contributed by atoms with Crippen molar-refractivity contribution in [1.29, 1.82) is 0 Å². The third kappa shape index (κ3) is 3.06. The maximum atomic E-state index is 11.9. The molecule has 1 heterocycles. The predicted molar refractivity (Wildman–Crippen MR) is 66.4 cm³/mol. The van der Waals surface area contributed by atoms with Crippen LogP contribution in [0.2, 0.25) is 0 Å². The summed E-state index contributed by atoms with van der Waals surface area (Å²) in [5, 5.41) is 11.5. The first-order chi connectivity index (χ1) is 8.66. The molecule has 1 aliphatic carbocycles. The van der Waals surface area contributed by atoms with Gasteiger partial charge < -0.3 is 10.4 Å². The maximum absolute atomic E-state index is 11.9. The van der Waals surface area contributed by atoms with Crippen LogP contribution in [0.4, 0.5) is 5.69 Å². The minimum absolute atomic E-state index is 0.0135. The second-order valence-corrected chi connectivity index (χ2v) is 4.56. The van der Waals surface area contributed by atoms with Crippen molar-refractivity contribution in [3.63, 3.8) is 0 Å². The summed E-state index contributed by atoms with van der Waals surface area (Å²) in [5.74, 6) is -0.974. The Morgan fingerprint density at radius 3 is 2.50 bits per heavy atom. The highest BCUT2D eigenvalue weighted by atomic mass is 16.4. The van der Waals surface area contributed by atoms with Crippen molar-refractivity contribution < 1.29 is 14.7 Å². The minimum Gasteiger partial charge on any atom is -0.477 e. The summed E-state index contributed by atoms with van der Waals surface area (Å²) in [4.78, 5) is 26.3. The fourth-order valence-corrected chi connectivity index (χ4v) is 2.20. The zero-order chi connectivity index (χ0) is 13.0. The van der Waals surface area contributed by atoms with Gasteiger partial charge >= 0.3 is 5.97 Å². The SMILES string of the molecule is O=C(O)c1ccc(NC(=O)C2CCCCC2)cn1. The van der Waals surface area contributed by atoms with E-state index in [0.29, 0.717) is 5.69 Å². The van der Waals surface area contributed by atoms with Gasteiger partial charge in [0.2, 0.25) is 5.91 Å². The number of carboxylic acids is 1. The molecule has 0 aliphatic heterocycles. The summed E-state index contributed by atoms with van der Waals surface area (Å²) in [6.07, 6.45) is 6.67.